The summed E-state index contributed by atoms with van der Waals surface area (Å²) >= 11 is 0. The first kappa shape index (κ1) is 19.7. The molecule has 1 fully saturated rings. The zero-order valence-corrected chi connectivity index (χ0v) is 15.8. The molecule has 0 amide bonds. The monoisotopic (exact) mass is 387 g/mol. The van der Waals surface area contributed by atoms with Gasteiger partial charge in [0.1, 0.15) is 5.69 Å². The lowest BCUT2D eigenvalue weighted by Gasteiger charge is -2.25. The van der Waals surface area contributed by atoms with E-state index in [0.29, 0.717) is 30.5 Å². The van der Waals surface area contributed by atoms with Gasteiger partial charge in [-0.2, -0.15) is 4.98 Å². The number of methoxy groups -OCH3 is 1. The highest BCUT2D eigenvalue weighted by Crippen LogP contribution is 2.32. The highest BCUT2D eigenvalue weighted by Gasteiger charge is 2.27. The maximum atomic E-state index is 11.5. The van der Waals surface area contributed by atoms with Gasteiger partial charge in [0, 0.05) is 24.3 Å². The molecule has 1 aliphatic rings. The minimum Gasteiger partial charge on any atom is -0.481 e. The standard InChI is InChI=1S/C18H25N7O3/c1-28-17-12(3-2-8-21-17)10-22-18-23-14(15(25(26)27)16(20)24-18)9-11-4-6-13(19)7-5-11/h2-3,8,11,13H,4-7,9-10,19H2,1H3,(H3,20,22,23,24)/t11-,13-. The molecule has 0 aromatic carbocycles. The van der Waals surface area contributed by atoms with Crippen molar-refractivity contribution in [2.75, 3.05) is 18.2 Å². The molecule has 2 aromatic heterocycles. The number of nitrogen functional groups attached to an aromatic ring is 1. The Balaban J connectivity index is 1.80. The van der Waals surface area contributed by atoms with Crippen molar-refractivity contribution in [2.45, 2.75) is 44.7 Å². The van der Waals surface area contributed by atoms with E-state index >= 15 is 0 Å². The molecule has 150 valence electrons. The van der Waals surface area contributed by atoms with Gasteiger partial charge >= 0.3 is 5.69 Å². The second-order valence-corrected chi connectivity index (χ2v) is 7.00. The average molecular weight is 387 g/mol. The Bertz CT molecular complexity index is 838. The van der Waals surface area contributed by atoms with E-state index in [2.05, 4.69) is 20.3 Å². The molecule has 0 bridgehead atoms. The number of nitrogens with zero attached hydrogens (tertiary/aromatic N) is 4. The van der Waals surface area contributed by atoms with Gasteiger partial charge in [0.25, 0.3) is 0 Å². The predicted octanol–water partition coefficient (Wildman–Crippen LogP) is 2.04. The highest BCUT2D eigenvalue weighted by atomic mass is 16.6. The lowest BCUT2D eigenvalue weighted by molar-refractivity contribution is -0.385. The van der Waals surface area contributed by atoms with Gasteiger partial charge in [-0.15, -0.1) is 0 Å². The van der Waals surface area contributed by atoms with E-state index in [0.717, 1.165) is 31.2 Å². The van der Waals surface area contributed by atoms with Gasteiger partial charge < -0.3 is 21.5 Å². The van der Waals surface area contributed by atoms with Gasteiger partial charge in [0.2, 0.25) is 17.6 Å². The molecular weight excluding hydrogens is 362 g/mol. The summed E-state index contributed by atoms with van der Waals surface area (Å²) in [5.74, 6) is 0.905. The summed E-state index contributed by atoms with van der Waals surface area (Å²) in [6.45, 7) is 0.353. The first-order valence-corrected chi connectivity index (χ1v) is 9.26. The van der Waals surface area contributed by atoms with Crippen molar-refractivity contribution in [1.29, 1.82) is 0 Å². The molecule has 0 unspecified atom stereocenters. The van der Waals surface area contributed by atoms with Crippen molar-refractivity contribution < 1.29 is 9.66 Å². The third-order valence-corrected chi connectivity index (χ3v) is 5.02. The SMILES string of the molecule is COc1ncccc1CNc1nc(N)c([N+](=O)[O-])c(C[C@H]2CC[C@H](N)CC2)n1. The van der Waals surface area contributed by atoms with Gasteiger partial charge in [0.05, 0.1) is 12.0 Å². The molecule has 1 aliphatic carbocycles. The van der Waals surface area contributed by atoms with E-state index < -0.39 is 4.92 Å². The topological polar surface area (TPSA) is 155 Å². The van der Waals surface area contributed by atoms with Gasteiger partial charge in [-0.1, -0.05) is 6.07 Å². The van der Waals surface area contributed by atoms with Gasteiger partial charge in [0.15, 0.2) is 0 Å². The molecule has 2 heterocycles. The third kappa shape index (κ3) is 4.63. The smallest absolute Gasteiger partial charge is 0.332 e. The van der Waals surface area contributed by atoms with Crippen LogP contribution >= 0.6 is 0 Å². The number of rotatable bonds is 7. The Hall–Kier alpha value is -3.01. The normalized spacial score (nSPS) is 19.2. The number of hydrogen-bond acceptors (Lipinski definition) is 9. The number of nitro groups is 1. The predicted molar refractivity (Wildman–Crippen MR) is 105 cm³/mol. The Kier molecular flexibility index (Phi) is 6.19. The maximum Gasteiger partial charge on any atom is 0.332 e. The molecule has 5 N–H and O–H groups in total. The molecular formula is C18H25N7O3. The maximum absolute atomic E-state index is 11.5. The first-order valence-electron chi connectivity index (χ1n) is 9.26. The second kappa shape index (κ2) is 8.79. The minimum absolute atomic E-state index is 0.136. The van der Waals surface area contributed by atoms with E-state index in [1.807, 2.05) is 6.07 Å². The fourth-order valence-electron chi connectivity index (χ4n) is 3.52. The number of ether oxygens (including phenoxy) is 1. The number of hydrogen-bond donors (Lipinski definition) is 3. The molecule has 28 heavy (non-hydrogen) atoms. The lowest BCUT2D eigenvalue weighted by Crippen LogP contribution is -2.27. The van der Waals surface area contributed by atoms with Crippen LogP contribution in [0.3, 0.4) is 0 Å². The van der Waals surface area contributed by atoms with E-state index in [4.69, 9.17) is 16.2 Å². The largest absolute Gasteiger partial charge is 0.481 e. The fourth-order valence-corrected chi connectivity index (χ4v) is 3.52. The van der Waals surface area contributed by atoms with Crippen molar-refractivity contribution in [1.82, 2.24) is 15.0 Å². The number of nitrogens with two attached hydrogens (primary N) is 2. The number of anilines is 2. The van der Waals surface area contributed by atoms with Crippen LogP contribution < -0.4 is 21.5 Å². The summed E-state index contributed by atoms with van der Waals surface area (Å²) in [5, 5.41) is 14.6. The van der Waals surface area contributed by atoms with E-state index in [1.165, 1.54) is 0 Å². The van der Waals surface area contributed by atoms with Crippen molar-refractivity contribution in [3.63, 3.8) is 0 Å². The van der Waals surface area contributed by atoms with Gasteiger partial charge in [-0.25, -0.2) is 9.97 Å². The average Bonchev–Trinajstić information content (AvgIpc) is 2.67. The van der Waals surface area contributed by atoms with Crippen LogP contribution in [0.5, 0.6) is 5.88 Å². The minimum atomic E-state index is -0.507. The lowest BCUT2D eigenvalue weighted by atomic mass is 9.83. The highest BCUT2D eigenvalue weighted by molar-refractivity contribution is 5.58. The van der Waals surface area contributed by atoms with Gasteiger partial charge in [-0.05, 0) is 44.1 Å². The Morgan fingerprint density at radius 2 is 2.07 bits per heavy atom. The molecule has 2 aromatic rings. The van der Waals surface area contributed by atoms with Crippen LogP contribution in [-0.4, -0.2) is 33.0 Å². The summed E-state index contributed by atoms with van der Waals surface area (Å²) in [7, 11) is 1.54. The summed E-state index contributed by atoms with van der Waals surface area (Å²) in [4.78, 5) is 23.6. The molecule has 0 radical (unpaired) electrons. The molecule has 1 saturated carbocycles. The summed E-state index contributed by atoms with van der Waals surface area (Å²) < 4.78 is 5.22. The van der Waals surface area contributed by atoms with Gasteiger partial charge in [-0.3, -0.25) is 10.1 Å². The second-order valence-electron chi connectivity index (χ2n) is 7.00. The fraction of sp³-hybridized carbons (Fsp3) is 0.500. The summed E-state index contributed by atoms with van der Waals surface area (Å²) in [5.41, 5.74) is 12.8. The van der Waals surface area contributed by atoms with E-state index in [9.17, 15) is 10.1 Å². The van der Waals surface area contributed by atoms with Crippen molar-refractivity contribution in [3.05, 3.63) is 39.7 Å². The van der Waals surface area contributed by atoms with Crippen LogP contribution in [0, 0.1) is 16.0 Å². The molecule has 10 heteroatoms. The Morgan fingerprint density at radius 3 is 2.75 bits per heavy atom. The Morgan fingerprint density at radius 1 is 1.32 bits per heavy atom. The molecule has 0 saturated heterocycles. The molecule has 0 spiro atoms. The third-order valence-electron chi connectivity index (χ3n) is 5.02. The molecule has 0 atom stereocenters. The van der Waals surface area contributed by atoms with Crippen molar-refractivity contribution >= 4 is 17.5 Å². The van der Waals surface area contributed by atoms with Crippen molar-refractivity contribution in [2.24, 2.45) is 11.7 Å². The van der Waals surface area contributed by atoms with Crippen LogP contribution in [0.25, 0.3) is 0 Å². The number of nitrogens with one attached hydrogen (secondary N) is 1. The summed E-state index contributed by atoms with van der Waals surface area (Å²) in [6, 6.07) is 3.87. The molecule has 0 aliphatic heterocycles. The van der Waals surface area contributed by atoms with Crippen LogP contribution in [-0.2, 0) is 13.0 Å². The van der Waals surface area contributed by atoms with E-state index in [1.54, 1.807) is 19.4 Å². The molecule has 3 rings (SSSR count). The summed E-state index contributed by atoms with van der Waals surface area (Å²) in [6.07, 6.45) is 5.82. The first-order chi connectivity index (χ1) is 13.5. The van der Waals surface area contributed by atoms with Crippen LogP contribution in [0.1, 0.15) is 36.9 Å². The molecule has 10 nitrogen and oxygen atoms in total. The van der Waals surface area contributed by atoms with Crippen molar-refractivity contribution in [3.8, 4) is 5.88 Å². The van der Waals surface area contributed by atoms with Crippen LogP contribution in [0.2, 0.25) is 0 Å². The van der Waals surface area contributed by atoms with Crippen LogP contribution in [0.4, 0.5) is 17.5 Å². The zero-order valence-electron chi connectivity index (χ0n) is 15.8. The number of aromatic nitrogens is 3. The van der Waals surface area contributed by atoms with Crippen LogP contribution in [0.15, 0.2) is 18.3 Å². The zero-order chi connectivity index (χ0) is 20.1. The van der Waals surface area contributed by atoms with E-state index in [-0.39, 0.29) is 23.5 Å². The quantitative estimate of drug-likeness (QED) is 0.478. The number of pyridine rings is 1. The Labute approximate surface area is 162 Å².